The molecule has 1 unspecified atom stereocenters. The Morgan fingerprint density at radius 3 is 2.83 bits per heavy atom. The van der Waals surface area contributed by atoms with Gasteiger partial charge < -0.3 is 15.4 Å². The Morgan fingerprint density at radius 1 is 1.07 bits per heavy atom. The van der Waals surface area contributed by atoms with Gasteiger partial charge in [0.2, 0.25) is 0 Å². The van der Waals surface area contributed by atoms with E-state index in [0.717, 1.165) is 42.8 Å². The minimum atomic E-state index is -0.0196. The number of fused-ring (bicyclic) bond motifs is 1. The van der Waals surface area contributed by atoms with Crippen LogP contribution in [0.4, 0.5) is 5.82 Å². The molecule has 0 spiro atoms. The SMILES string of the molecule is C(#CC1CCCCN1)C[C@H]1CC[C@H](n2cnc3c(NC4CCCC4)ncnc32)O1. The quantitative estimate of drug-likeness (QED) is 0.774. The van der Waals surface area contributed by atoms with Crippen molar-refractivity contribution in [1.82, 2.24) is 24.8 Å². The summed E-state index contributed by atoms with van der Waals surface area (Å²) in [7, 11) is 0. The minimum Gasteiger partial charge on any atom is -0.365 e. The first-order chi connectivity index (χ1) is 14.4. The zero-order chi connectivity index (χ0) is 19.5. The first kappa shape index (κ1) is 18.8. The van der Waals surface area contributed by atoms with Crippen LogP contribution in [0.25, 0.3) is 11.2 Å². The molecule has 5 rings (SSSR count). The molecular weight excluding hydrogens is 364 g/mol. The summed E-state index contributed by atoms with van der Waals surface area (Å²) in [6.07, 6.45) is 15.1. The number of hydrogen-bond acceptors (Lipinski definition) is 6. The number of nitrogens with zero attached hydrogens (tertiary/aromatic N) is 4. The smallest absolute Gasteiger partial charge is 0.167 e. The molecule has 7 heteroatoms. The highest BCUT2D eigenvalue weighted by molar-refractivity contribution is 5.82. The van der Waals surface area contributed by atoms with E-state index < -0.39 is 0 Å². The molecular formula is C22H30N6O. The zero-order valence-electron chi connectivity index (χ0n) is 16.9. The lowest BCUT2D eigenvalue weighted by atomic mass is 10.1. The predicted molar refractivity (Wildman–Crippen MR) is 112 cm³/mol. The molecule has 3 fully saturated rings. The van der Waals surface area contributed by atoms with Crippen LogP contribution in [-0.4, -0.2) is 44.3 Å². The van der Waals surface area contributed by atoms with Crippen LogP contribution in [-0.2, 0) is 4.74 Å². The third kappa shape index (κ3) is 4.24. The lowest BCUT2D eigenvalue weighted by Gasteiger charge is -2.18. The molecule has 154 valence electrons. The molecule has 29 heavy (non-hydrogen) atoms. The first-order valence-corrected chi connectivity index (χ1v) is 11.2. The van der Waals surface area contributed by atoms with E-state index >= 15 is 0 Å². The van der Waals surface area contributed by atoms with Gasteiger partial charge in [-0.1, -0.05) is 24.7 Å². The molecule has 1 saturated carbocycles. The Hall–Kier alpha value is -2.17. The van der Waals surface area contributed by atoms with Gasteiger partial charge in [-0.3, -0.25) is 4.57 Å². The molecule has 2 aliphatic heterocycles. The Morgan fingerprint density at radius 2 is 1.97 bits per heavy atom. The van der Waals surface area contributed by atoms with Crippen molar-refractivity contribution < 1.29 is 4.74 Å². The van der Waals surface area contributed by atoms with E-state index in [1.165, 1.54) is 44.9 Å². The topological polar surface area (TPSA) is 76.9 Å². The summed E-state index contributed by atoms with van der Waals surface area (Å²) in [5, 5.41) is 7.04. The van der Waals surface area contributed by atoms with Gasteiger partial charge in [-0.2, -0.15) is 0 Å². The molecule has 7 nitrogen and oxygen atoms in total. The van der Waals surface area contributed by atoms with Crippen molar-refractivity contribution in [1.29, 1.82) is 0 Å². The third-order valence-electron chi connectivity index (χ3n) is 6.37. The number of hydrogen-bond donors (Lipinski definition) is 2. The van der Waals surface area contributed by atoms with E-state index in [4.69, 9.17) is 4.74 Å². The molecule has 0 bridgehead atoms. The molecule has 2 aromatic heterocycles. The predicted octanol–water partition coefficient (Wildman–Crippen LogP) is 3.39. The summed E-state index contributed by atoms with van der Waals surface area (Å²) >= 11 is 0. The molecule has 4 heterocycles. The van der Waals surface area contributed by atoms with Crippen LogP contribution < -0.4 is 10.6 Å². The fraction of sp³-hybridized carbons (Fsp3) is 0.682. The van der Waals surface area contributed by atoms with Gasteiger partial charge in [-0.05, 0) is 51.5 Å². The maximum absolute atomic E-state index is 6.30. The van der Waals surface area contributed by atoms with Crippen molar-refractivity contribution in [2.24, 2.45) is 0 Å². The van der Waals surface area contributed by atoms with Crippen molar-refractivity contribution in [3.63, 3.8) is 0 Å². The zero-order valence-corrected chi connectivity index (χ0v) is 16.9. The number of piperidine rings is 1. The van der Waals surface area contributed by atoms with Crippen molar-refractivity contribution in [3.05, 3.63) is 12.7 Å². The normalized spacial score (nSPS) is 27.8. The summed E-state index contributed by atoms with van der Waals surface area (Å²) in [4.78, 5) is 13.6. The maximum Gasteiger partial charge on any atom is 0.167 e. The second-order valence-corrected chi connectivity index (χ2v) is 8.49. The summed E-state index contributed by atoms with van der Waals surface area (Å²) in [6.45, 7) is 1.09. The van der Waals surface area contributed by atoms with E-state index in [2.05, 4.69) is 42.0 Å². The van der Waals surface area contributed by atoms with Crippen LogP contribution in [0.3, 0.4) is 0 Å². The van der Waals surface area contributed by atoms with Gasteiger partial charge in [0.1, 0.15) is 12.6 Å². The molecule has 0 amide bonds. The van der Waals surface area contributed by atoms with Gasteiger partial charge in [-0.25, -0.2) is 15.0 Å². The van der Waals surface area contributed by atoms with Gasteiger partial charge in [-0.15, -0.1) is 0 Å². The highest BCUT2D eigenvalue weighted by atomic mass is 16.5. The fourth-order valence-electron chi connectivity index (χ4n) is 4.74. The van der Waals surface area contributed by atoms with Crippen LogP contribution in [0.1, 0.15) is 70.4 Å². The second-order valence-electron chi connectivity index (χ2n) is 8.49. The standard InChI is InChI=1S/C22H30N6O/c1-2-8-17(7-1)27-21-20-22(25-14-24-21)28(15-26-20)19-12-11-18(29-19)10-5-9-16-6-3-4-13-23-16/h14-19,23H,1-4,6-8,10-13H2,(H,24,25,27)/t16?,18-,19+/m0/s1. The Labute approximate surface area is 172 Å². The lowest BCUT2D eigenvalue weighted by Crippen LogP contribution is -2.32. The van der Waals surface area contributed by atoms with E-state index in [1.54, 1.807) is 6.33 Å². The first-order valence-electron chi connectivity index (χ1n) is 11.2. The number of aromatic nitrogens is 4. The number of rotatable bonds is 4. The van der Waals surface area contributed by atoms with E-state index in [-0.39, 0.29) is 12.3 Å². The number of imidazole rings is 1. The Bertz CT molecular complexity index is 888. The largest absolute Gasteiger partial charge is 0.365 e. The van der Waals surface area contributed by atoms with Crippen molar-refractivity contribution in [2.45, 2.75) is 88.6 Å². The van der Waals surface area contributed by atoms with Crippen molar-refractivity contribution >= 4 is 17.0 Å². The number of anilines is 1. The highest BCUT2D eigenvalue weighted by Crippen LogP contribution is 2.33. The monoisotopic (exact) mass is 394 g/mol. The van der Waals surface area contributed by atoms with E-state index in [0.29, 0.717) is 12.1 Å². The van der Waals surface area contributed by atoms with Crippen LogP contribution in [0.5, 0.6) is 0 Å². The molecule has 0 aromatic carbocycles. The average molecular weight is 395 g/mol. The van der Waals surface area contributed by atoms with Crippen molar-refractivity contribution in [3.8, 4) is 11.8 Å². The molecule has 0 radical (unpaired) electrons. The third-order valence-corrected chi connectivity index (χ3v) is 6.37. The summed E-state index contributed by atoms with van der Waals surface area (Å²) in [5.41, 5.74) is 1.69. The number of nitrogens with one attached hydrogen (secondary N) is 2. The van der Waals surface area contributed by atoms with Gasteiger partial charge in [0.25, 0.3) is 0 Å². The second kappa shape index (κ2) is 8.68. The van der Waals surface area contributed by atoms with E-state index in [9.17, 15) is 0 Å². The van der Waals surface area contributed by atoms with Crippen molar-refractivity contribution in [2.75, 3.05) is 11.9 Å². The molecule has 1 aliphatic carbocycles. The lowest BCUT2D eigenvalue weighted by molar-refractivity contribution is 0.00684. The van der Waals surface area contributed by atoms with Gasteiger partial charge >= 0.3 is 0 Å². The molecule has 2 aromatic rings. The Balaban J connectivity index is 1.24. The highest BCUT2D eigenvalue weighted by Gasteiger charge is 2.28. The van der Waals surface area contributed by atoms with Crippen LogP contribution in [0.15, 0.2) is 12.7 Å². The van der Waals surface area contributed by atoms with Gasteiger partial charge in [0, 0.05) is 12.5 Å². The molecule has 3 aliphatic rings. The average Bonchev–Trinajstić information content (AvgIpc) is 3.50. The van der Waals surface area contributed by atoms with E-state index in [1.807, 2.05) is 6.33 Å². The van der Waals surface area contributed by atoms with Gasteiger partial charge in [0.05, 0.1) is 18.5 Å². The minimum absolute atomic E-state index is 0.0196. The molecule has 2 N–H and O–H groups in total. The fourth-order valence-corrected chi connectivity index (χ4v) is 4.74. The number of ether oxygens (including phenoxy) is 1. The summed E-state index contributed by atoms with van der Waals surface area (Å²) < 4.78 is 8.36. The maximum atomic E-state index is 6.30. The molecule has 2 saturated heterocycles. The summed E-state index contributed by atoms with van der Waals surface area (Å²) in [5.74, 6) is 7.58. The van der Waals surface area contributed by atoms with Gasteiger partial charge in [0.15, 0.2) is 17.0 Å². The molecule has 3 atom stereocenters. The summed E-state index contributed by atoms with van der Waals surface area (Å²) in [6, 6.07) is 0.864. The van der Waals surface area contributed by atoms with Crippen LogP contribution in [0, 0.1) is 11.8 Å². The Kier molecular flexibility index (Phi) is 5.64. The van der Waals surface area contributed by atoms with Crippen LogP contribution >= 0.6 is 0 Å². The van der Waals surface area contributed by atoms with Crippen LogP contribution in [0.2, 0.25) is 0 Å².